The predicted octanol–water partition coefficient (Wildman–Crippen LogP) is 5.86. The topological polar surface area (TPSA) is 103 Å². The van der Waals surface area contributed by atoms with Crippen LogP contribution in [0.4, 0.5) is 5.69 Å². The van der Waals surface area contributed by atoms with Gasteiger partial charge in [-0.15, -0.1) is 21.5 Å². The number of aromatic nitrogens is 5. The fraction of sp³-hybridized carbons (Fsp3) is 0.136. The lowest BCUT2D eigenvalue weighted by atomic mass is 10.1. The molecule has 0 bridgehead atoms. The van der Waals surface area contributed by atoms with Gasteiger partial charge in [-0.3, -0.25) is 14.7 Å². The van der Waals surface area contributed by atoms with Crippen molar-refractivity contribution in [3.8, 4) is 17.2 Å². The Morgan fingerprint density at radius 1 is 1.06 bits per heavy atom. The van der Waals surface area contributed by atoms with E-state index in [1.54, 1.807) is 12.1 Å². The van der Waals surface area contributed by atoms with Crippen LogP contribution in [0.15, 0.2) is 58.0 Å². The third kappa shape index (κ3) is 3.47. The molecule has 0 unspecified atom stereocenters. The molecular formula is C22H18N6O2S2. The Kier molecular flexibility index (Phi) is 5.03. The molecule has 2 aromatic carbocycles. The lowest BCUT2D eigenvalue weighted by Gasteiger charge is -2.09. The molecule has 32 heavy (non-hydrogen) atoms. The number of fused-ring (bicyclic) bond motifs is 1. The van der Waals surface area contributed by atoms with E-state index in [2.05, 4.69) is 34.0 Å². The van der Waals surface area contributed by atoms with Gasteiger partial charge in [-0.2, -0.15) is 0 Å². The van der Waals surface area contributed by atoms with Gasteiger partial charge in [0.1, 0.15) is 0 Å². The van der Waals surface area contributed by atoms with E-state index in [9.17, 15) is 10.1 Å². The molecule has 3 heterocycles. The largest absolute Gasteiger partial charge is 0.356 e. The minimum atomic E-state index is -0.396. The number of aryl methyl sites for hydroxylation is 1. The summed E-state index contributed by atoms with van der Waals surface area (Å²) in [7, 11) is 0. The summed E-state index contributed by atoms with van der Waals surface area (Å²) in [4.78, 5) is 18.8. The molecule has 0 aliphatic heterocycles. The summed E-state index contributed by atoms with van der Waals surface area (Å²) >= 11 is 2.80. The number of H-pyrrole nitrogens is 1. The molecule has 10 heteroatoms. The van der Waals surface area contributed by atoms with Crippen LogP contribution in [0.2, 0.25) is 0 Å². The molecule has 0 saturated carbocycles. The summed E-state index contributed by atoms with van der Waals surface area (Å²) in [6.45, 7) is 6.21. The number of nitro groups is 1. The zero-order valence-corrected chi connectivity index (χ0v) is 19.1. The van der Waals surface area contributed by atoms with E-state index in [0.717, 1.165) is 43.0 Å². The lowest BCUT2D eigenvalue weighted by molar-refractivity contribution is -0.384. The lowest BCUT2D eigenvalue weighted by Crippen LogP contribution is -2.00. The average Bonchev–Trinajstić information content (AvgIpc) is 3.46. The minimum absolute atomic E-state index is 0.0559. The molecule has 0 amide bonds. The first-order valence-electron chi connectivity index (χ1n) is 9.82. The summed E-state index contributed by atoms with van der Waals surface area (Å²) in [5.74, 6) is 0.726. The first-order chi connectivity index (χ1) is 15.4. The molecule has 160 valence electrons. The van der Waals surface area contributed by atoms with E-state index in [1.807, 2.05) is 41.8 Å². The molecule has 0 aliphatic rings. The molecular weight excluding hydrogens is 444 g/mol. The molecule has 3 aromatic heterocycles. The van der Waals surface area contributed by atoms with Gasteiger partial charge >= 0.3 is 0 Å². The van der Waals surface area contributed by atoms with Crippen LogP contribution in [0, 0.1) is 30.9 Å². The first kappa shape index (κ1) is 20.4. The molecule has 1 N–H and O–H groups in total. The third-order valence-electron chi connectivity index (χ3n) is 5.43. The van der Waals surface area contributed by atoms with Crippen LogP contribution in [0.3, 0.4) is 0 Å². The van der Waals surface area contributed by atoms with Crippen LogP contribution in [-0.4, -0.2) is 29.7 Å². The molecule has 0 spiro atoms. The Morgan fingerprint density at radius 3 is 2.53 bits per heavy atom. The second kappa shape index (κ2) is 7.88. The van der Waals surface area contributed by atoms with Gasteiger partial charge in [0.25, 0.3) is 5.69 Å². The normalized spacial score (nSPS) is 11.3. The number of nitro benzene ring substituents is 1. The number of para-hydroxylation sites is 1. The van der Waals surface area contributed by atoms with Crippen molar-refractivity contribution in [2.75, 3.05) is 0 Å². The van der Waals surface area contributed by atoms with E-state index < -0.39 is 4.92 Å². The number of hydrogen-bond acceptors (Lipinski definition) is 7. The van der Waals surface area contributed by atoms with E-state index in [4.69, 9.17) is 0 Å². The quantitative estimate of drug-likeness (QED) is 0.259. The van der Waals surface area contributed by atoms with Gasteiger partial charge in [-0.1, -0.05) is 18.2 Å². The van der Waals surface area contributed by atoms with Crippen molar-refractivity contribution in [2.24, 2.45) is 0 Å². The molecule has 0 radical (unpaired) electrons. The van der Waals surface area contributed by atoms with E-state index in [1.165, 1.54) is 34.7 Å². The summed E-state index contributed by atoms with van der Waals surface area (Å²) < 4.78 is 3.52. The van der Waals surface area contributed by atoms with E-state index in [-0.39, 0.29) is 5.69 Å². The second-order valence-corrected chi connectivity index (χ2v) is 9.59. The second-order valence-electron chi connectivity index (χ2n) is 7.34. The van der Waals surface area contributed by atoms with Crippen LogP contribution in [0.25, 0.3) is 27.4 Å². The maximum absolute atomic E-state index is 11.1. The monoisotopic (exact) mass is 462 g/mol. The number of benzene rings is 2. The Labute approximate surface area is 191 Å². The Hall–Kier alpha value is -3.50. The fourth-order valence-electron chi connectivity index (χ4n) is 3.50. The van der Waals surface area contributed by atoms with Gasteiger partial charge in [0.2, 0.25) is 5.16 Å². The highest BCUT2D eigenvalue weighted by molar-refractivity contribution is 8.01. The van der Waals surface area contributed by atoms with Crippen LogP contribution < -0.4 is 0 Å². The Morgan fingerprint density at radius 2 is 1.84 bits per heavy atom. The van der Waals surface area contributed by atoms with Gasteiger partial charge in [0.15, 0.2) is 10.2 Å². The molecule has 5 aromatic rings. The van der Waals surface area contributed by atoms with Gasteiger partial charge in [-0.25, -0.2) is 4.98 Å². The number of nitrogens with one attached hydrogen (secondary N) is 1. The SMILES string of the molecule is Cc1[nH]c(-c2nnc(Sc3nc4ccc([N+](=O)[O-])cc4s3)n2-c2ccccc2)c(C)c1C. The molecule has 0 saturated heterocycles. The van der Waals surface area contributed by atoms with Crippen LogP contribution in [0.1, 0.15) is 16.8 Å². The number of hydrogen-bond donors (Lipinski definition) is 1. The maximum atomic E-state index is 11.1. The number of non-ortho nitro benzene ring substituents is 1. The summed E-state index contributed by atoms with van der Waals surface area (Å²) in [5, 5.41) is 20.8. The van der Waals surface area contributed by atoms with Gasteiger partial charge in [0.05, 0.1) is 20.8 Å². The Balaban J connectivity index is 1.62. The van der Waals surface area contributed by atoms with Crippen molar-refractivity contribution < 1.29 is 4.92 Å². The minimum Gasteiger partial charge on any atom is -0.356 e. The van der Waals surface area contributed by atoms with Crippen molar-refractivity contribution in [1.82, 2.24) is 24.7 Å². The summed E-state index contributed by atoms with van der Waals surface area (Å²) in [5.41, 5.74) is 6.09. The van der Waals surface area contributed by atoms with Gasteiger partial charge in [0, 0.05) is 23.5 Å². The fourth-order valence-corrected chi connectivity index (χ4v) is 5.56. The van der Waals surface area contributed by atoms with Crippen LogP contribution in [0.5, 0.6) is 0 Å². The highest BCUT2D eigenvalue weighted by atomic mass is 32.2. The van der Waals surface area contributed by atoms with E-state index >= 15 is 0 Å². The smallest absolute Gasteiger partial charge is 0.270 e. The summed E-state index contributed by atoms with van der Waals surface area (Å²) in [6.07, 6.45) is 0. The zero-order chi connectivity index (χ0) is 22.4. The van der Waals surface area contributed by atoms with Crippen molar-refractivity contribution in [1.29, 1.82) is 0 Å². The van der Waals surface area contributed by atoms with Crippen LogP contribution >= 0.6 is 23.1 Å². The summed E-state index contributed by atoms with van der Waals surface area (Å²) in [6, 6.07) is 14.6. The van der Waals surface area contributed by atoms with Crippen molar-refractivity contribution in [3.05, 3.63) is 75.5 Å². The average molecular weight is 463 g/mol. The number of aromatic amines is 1. The highest BCUT2D eigenvalue weighted by Crippen LogP contribution is 2.38. The van der Waals surface area contributed by atoms with Crippen molar-refractivity contribution >= 4 is 39.0 Å². The number of nitrogens with zero attached hydrogens (tertiary/aromatic N) is 5. The molecule has 0 atom stereocenters. The number of rotatable bonds is 5. The van der Waals surface area contributed by atoms with Gasteiger partial charge in [-0.05, 0) is 61.9 Å². The standard InChI is InChI=1S/C22H18N6O2S2/c1-12-13(2)19(23-14(12)3)20-25-26-21(27(20)15-7-5-4-6-8-15)32-22-24-17-10-9-16(28(29)30)11-18(17)31-22/h4-11,23H,1-3H3. The molecule has 0 aliphatic carbocycles. The van der Waals surface area contributed by atoms with Crippen LogP contribution in [-0.2, 0) is 0 Å². The Bertz CT molecular complexity index is 1470. The van der Waals surface area contributed by atoms with Crippen molar-refractivity contribution in [3.63, 3.8) is 0 Å². The van der Waals surface area contributed by atoms with Crippen molar-refractivity contribution in [2.45, 2.75) is 30.3 Å². The molecule has 0 fully saturated rings. The zero-order valence-electron chi connectivity index (χ0n) is 17.5. The predicted molar refractivity (Wildman–Crippen MR) is 126 cm³/mol. The third-order valence-corrected chi connectivity index (χ3v) is 7.45. The number of thiazole rings is 1. The molecule has 8 nitrogen and oxygen atoms in total. The maximum Gasteiger partial charge on any atom is 0.270 e. The molecule has 5 rings (SSSR count). The highest BCUT2D eigenvalue weighted by Gasteiger charge is 2.22. The van der Waals surface area contributed by atoms with Gasteiger partial charge < -0.3 is 4.98 Å². The first-order valence-corrected chi connectivity index (χ1v) is 11.5. The van der Waals surface area contributed by atoms with E-state index in [0.29, 0.717) is 5.16 Å².